The number of carbonyl (C=O) groups excluding carboxylic acids is 1. The number of carbonyl (C=O) groups is 1. The molecule has 0 unspecified atom stereocenters. The number of rotatable bonds is 8. The summed E-state index contributed by atoms with van der Waals surface area (Å²) >= 11 is 0. The van der Waals surface area contributed by atoms with Crippen LogP contribution in [-0.4, -0.2) is 35.5 Å². The third-order valence-electron chi connectivity index (χ3n) is 4.49. The monoisotopic (exact) mass is 357 g/mol. The van der Waals surface area contributed by atoms with Crippen molar-refractivity contribution >= 4 is 17.7 Å². The van der Waals surface area contributed by atoms with Gasteiger partial charge < -0.3 is 16.0 Å². The molecular weight excluding hydrogens is 333 g/mol. The fourth-order valence-electron chi connectivity index (χ4n) is 2.97. The Morgan fingerprint density at radius 2 is 1.88 bits per heavy atom. The maximum Gasteiger partial charge on any atom is 0.230 e. The lowest BCUT2D eigenvalue weighted by Crippen LogP contribution is -2.37. The van der Waals surface area contributed by atoms with E-state index in [1.165, 1.54) is 12.1 Å². The van der Waals surface area contributed by atoms with E-state index in [1.807, 2.05) is 19.9 Å². The molecule has 1 saturated carbocycles. The van der Waals surface area contributed by atoms with E-state index in [-0.39, 0.29) is 11.7 Å². The summed E-state index contributed by atoms with van der Waals surface area (Å²) in [6, 6.07) is 8.08. The second kappa shape index (κ2) is 7.68. The van der Waals surface area contributed by atoms with Crippen molar-refractivity contribution in [3.8, 4) is 0 Å². The van der Waals surface area contributed by atoms with Crippen LogP contribution in [0.25, 0.3) is 0 Å². The van der Waals surface area contributed by atoms with Gasteiger partial charge in [0, 0.05) is 31.4 Å². The average molecular weight is 357 g/mol. The second-order valence-electron chi connectivity index (χ2n) is 6.52. The lowest BCUT2D eigenvalue weighted by atomic mass is 9.95. The Morgan fingerprint density at radius 1 is 1.15 bits per heavy atom. The topological polar surface area (TPSA) is 78.9 Å². The van der Waals surface area contributed by atoms with Gasteiger partial charge in [0.15, 0.2) is 0 Å². The predicted molar refractivity (Wildman–Crippen MR) is 99.7 cm³/mol. The van der Waals surface area contributed by atoms with Crippen LogP contribution < -0.4 is 16.0 Å². The van der Waals surface area contributed by atoms with Crippen LogP contribution in [0.3, 0.4) is 0 Å². The molecule has 0 saturated heterocycles. The molecule has 6 nitrogen and oxygen atoms in total. The molecule has 26 heavy (non-hydrogen) atoms. The highest BCUT2D eigenvalue weighted by Gasteiger charge is 2.50. The first kappa shape index (κ1) is 18.1. The van der Waals surface area contributed by atoms with Crippen LogP contribution in [0.2, 0.25) is 0 Å². The molecule has 1 amide bonds. The molecule has 0 aliphatic heterocycles. The molecular formula is C19H24FN5O. The third kappa shape index (κ3) is 4.09. The van der Waals surface area contributed by atoms with Crippen molar-refractivity contribution in [3.05, 3.63) is 47.4 Å². The molecule has 7 heteroatoms. The fourth-order valence-corrected chi connectivity index (χ4v) is 2.97. The maximum absolute atomic E-state index is 13.1. The molecule has 1 aliphatic rings. The number of halogens is 1. The van der Waals surface area contributed by atoms with Gasteiger partial charge in [0.05, 0.1) is 5.41 Å². The minimum absolute atomic E-state index is 0.00175. The van der Waals surface area contributed by atoms with E-state index >= 15 is 0 Å². The molecule has 1 fully saturated rings. The summed E-state index contributed by atoms with van der Waals surface area (Å²) in [5.74, 6) is 1.03. The van der Waals surface area contributed by atoms with Gasteiger partial charge in [0.2, 0.25) is 11.9 Å². The van der Waals surface area contributed by atoms with Gasteiger partial charge in [-0.05, 0) is 44.4 Å². The molecule has 0 bridgehead atoms. The van der Waals surface area contributed by atoms with Crippen molar-refractivity contribution in [2.75, 3.05) is 30.3 Å². The normalized spacial score (nSPS) is 14.6. The van der Waals surface area contributed by atoms with Crippen LogP contribution in [0.4, 0.5) is 16.2 Å². The standard InChI is InChI=1S/C19H24FN5O/c1-3-21-18-24-13(2)12-16(25-18)22-10-11-23-17(26)19(8-9-19)14-4-6-15(20)7-5-14/h4-7,12H,3,8-11H2,1-2H3,(H,23,26)(H2,21,22,24,25). The molecule has 3 rings (SSSR count). The minimum Gasteiger partial charge on any atom is -0.368 e. The number of nitrogens with one attached hydrogen (secondary N) is 3. The van der Waals surface area contributed by atoms with E-state index in [0.29, 0.717) is 19.0 Å². The van der Waals surface area contributed by atoms with E-state index in [0.717, 1.165) is 36.5 Å². The lowest BCUT2D eigenvalue weighted by Gasteiger charge is -2.16. The molecule has 0 atom stereocenters. The summed E-state index contributed by atoms with van der Waals surface area (Å²) in [7, 11) is 0. The number of anilines is 2. The van der Waals surface area contributed by atoms with Crippen LogP contribution in [0.15, 0.2) is 30.3 Å². The zero-order chi connectivity index (χ0) is 18.6. The number of hydrogen-bond donors (Lipinski definition) is 3. The van der Waals surface area contributed by atoms with Crippen molar-refractivity contribution in [2.45, 2.75) is 32.1 Å². The van der Waals surface area contributed by atoms with Crippen LogP contribution in [0.5, 0.6) is 0 Å². The van der Waals surface area contributed by atoms with Crippen LogP contribution >= 0.6 is 0 Å². The van der Waals surface area contributed by atoms with Crippen molar-refractivity contribution in [1.29, 1.82) is 0 Å². The molecule has 0 spiro atoms. The Bertz CT molecular complexity index is 774. The summed E-state index contributed by atoms with van der Waals surface area (Å²) < 4.78 is 13.1. The smallest absolute Gasteiger partial charge is 0.230 e. The fraction of sp³-hybridized carbons (Fsp3) is 0.421. The Labute approximate surface area is 152 Å². The van der Waals surface area contributed by atoms with E-state index < -0.39 is 5.41 Å². The van der Waals surface area contributed by atoms with Crippen molar-refractivity contribution < 1.29 is 9.18 Å². The first-order valence-corrected chi connectivity index (χ1v) is 8.91. The largest absolute Gasteiger partial charge is 0.368 e. The van der Waals surface area contributed by atoms with Crippen LogP contribution in [0.1, 0.15) is 31.0 Å². The highest BCUT2D eigenvalue weighted by atomic mass is 19.1. The molecule has 1 aliphatic carbocycles. The van der Waals surface area contributed by atoms with Gasteiger partial charge in [-0.25, -0.2) is 9.37 Å². The highest BCUT2D eigenvalue weighted by Crippen LogP contribution is 2.48. The SMILES string of the molecule is CCNc1nc(C)cc(NCCNC(=O)C2(c3ccc(F)cc3)CC2)n1. The number of aromatic nitrogens is 2. The Morgan fingerprint density at radius 3 is 2.54 bits per heavy atom. The summed E-state index contributed by atoms with van der Waals surface area (Å²) in [4.78, 5) is 21.2. The number of amides is 1. The third-order valence-corrected chi connectivity index (χ3v) is 4.49. The summed E-state index contributed by atoms with van der Waals surface area (Å²) in [5, 5.41) is 9.26. The molecule has 0 radical (unpaired) electrons. The van der Waals surface area contributed by atoms with Crippen LogP contribution in [-0.2, 0) is 10.2 Å². The summed E-state index contributed by atoms with van der Waals surface area (Å²) in [5.41, 5.74) is 1.26. The lowest BCUT2D eigenvalue weighted by molar-refractivity contribution is -0.123. The quantitative estimate of drug-likeness (QED) is 0.633. The molecule has 1 heterocycles. The first-order chi connectivity index (χ1) is 12.5. The zero-order valence-corrected chi connectivity index (χ0v) is 15.1. The highest BCUT2D eigenvalue weighted by molar-refractivity contribution is 5.91. The van der Waals surface area contributed by atoms with Crippen molar-refractivity contribution in [2.24, 2.45) is 0 Å². The Balaban J connectivity index is 1.51. The molecule has 138 valence electrons. The second-order valence-corrected chi connectivity index (χ2v) is 6.52. The van der Waals surface area contributed by atoms with Crippen LogP contribution in [0, 0.1) is 12.7 Å². The van der Waals surface area contributed by atoms with Crippen molar-refractivity contribution in [3.63, 3.8) is 0 Å². The van der Waals surface area contributed by atoms with E-state index in [4.69, 9.17) is 0 Å². The molecule has 1 aromatic carbocycles. The number of hydrogen-bond acceptors (Lipinski definition) is 5. The van der Waals surface area contributed by atoms with Gasteiger partial charge in [-0.3, -0.25) is 4.79 Å². The predicted octanol–water partition coefficient (Wildman–Crippen LogP) is 2.62. The first-order valence-electron chi connectivity index (χ1n) is 8.91. The number of nitrogens with zero attached hydrogens (tertiary/aromatic N) is 2. The van der Waals surface area contributed by atoms with E-state index in [2.05, 4.69) is 25.9 Å². The van der Waals surface area contributed by atoms with Gasteiger partial charge in [-0.2, -0.15) is 4.98 Å². The van der Waals surface area contributed by atoms with E-state index in [9.17, 15) is 9.18 Å². The Kier molecular flexibility index (Phi) is 5.35. The summed E-state index contributed by atoms with van der Waals surface area (Å²) in [6.07, 6.45) is 1.60. The Hall–Kier alpha value is -2.70. The molecule has 1 aromatic heterocycles. The molecule has 2 aromatic rings. The maximum atomic E-state index is 13.1. The van der Waals surface area contributed by atoms with E-state index in [1.54, 1.807) is 12.1 Å². The number of aryl methyl sites for hydroxylation is 1. The van der Waals surface area contributed by atoms with Gasteiger partial charge in [0.25, 0.3) is 0 Å². The van der Waals surface area contributed by atoms with Gasteiger partial charge >= 0.3 is 0 Å². The summed E-state index contributed by atoms with van der Waals surface area (Å²) in [6.45, 7) is 5.71. The van der Waals surface area contributed by atoms with Gasteiger partial charge in [0.1, 0.15) is 11.6 Å². The van der Waals surface area contributed by atoms with Gasteiger partial charge in [-0.15, -0.1) is 0 Å². The minimum atomic E-state index is -0.489. The van der Waals surface area contributed by atoms with Crippen molar-refractivity contribution in [1.82, 2.24) is 15.3 Å². The zero-order valence-electron chi connectivity index (χ0n) is 15.1. The average Bonchev–Trinajstić information content (AvgIpc) is 3.41. The van der Waals surface area contributed by atoms with Gasteiger partial charge in [-0.1, -0.05) is 12.1 Å². The molecule has 3 N–H and O–H groups in total. The number of benzene rings is 1.